The Morgan fingerprint density at radius 1 is 1.00 bits per heavy atom. The van der Waals surface area contributed by atoms with E-state index >= 15 is 0 Å². The van der Waals surface area contributed by atoms with E-state index in [0.29, 0.717) is 0 Å². The van der Waals surface area contributed by atoms with Crippen molar-refractivity contribution in [3.63, 3.8) is 0 Å². The van der Waals surface area contributed by atoms with Gasteiger partial charge < -0.3 is 14.7 Å². The quantitative estimate of drug-likeness (QED) is 0.493. The van der Waals surface area contributed by atoms with E-state index < -0.39 is 29.8 Å². The van der Waals surface area contributed by atoms with Crippen LogP contribution in [0.25, 0.3) is 11.1 Å². The fraction of sp³-hybridized carbons (Fsp3) is 0.222. The standard InChI is InChI=1S/C27H25FN2O5/c1-3-23(26(32)33)30(2)25(31)20-13-8-14-22(28)24(20)29-27(34)35-15-21-18-11-6-4-9-16(18)17-10-5-7-12-19(17)21/h4-14,21,23H,3,15H2,1-2H3,(H,29,34)(H,32,33). The first-order chi connectivity index (χ1) is 16.8. The number of anilines is 1. The van der Waals surface area contributed by atoms with E-state index in [-0.39, 0.29) is 30.2 Å². The molecule has 0 radical (unpaired) electrons. The van der Waals surface area contributed by atoms with Gasteiger partial charge in [0, 0.05) is 13.0 Å². The molecule has 180 valence electrons. The van der Waals surface area contributed by atoms with Crippen LogP contribution in [0, 0.1) is 5.82 Å². The number of carboxylic acid groups (broad SMARTS) is 1. The summed E-state index contributed by atoms with van der Waals surface area (Å²) in [6, 6.07) is 18.4. The fourth-order valence-corrected chi connectivity index (χ4v) is 4.51. The monoisotopic (exact) mass is 476 g/mol. The zero-order chi connectivity index (χ0) is 25.1. The van der Waals surface area contributed by atoms with Gasteiger partial charge in [0.25, 0.3) is 5.91 Å². The number of nitrogens with zero attached hydrogens (tertiary/aromatic N) is 1. The van der Waals surface area contributed by atoms with Crippen molar-refractivity contribution in [2.24, 2.45) is 0 Å². The lowest BCUT2D eigenvalue weighted by atomic mass is 9.98. The lowest BCUT2D eigenvalue weighted by Gasteiger charge is -2.25. The molecule has 0 heterocycles. The summed E-state index contributed by atoms with van der Waals surface area (Å²) in [4.78, 5) is 38.1. The highest BCUT2D eigenvalue weighted by molar-refractivity contribution is 6.03. The first-order valence-electron chi connectivity index (χ1n) is 11.2. The van der Waals surface area contributed by atoms with Crippen molar-refractivity contribution in [1.29, 1.82) is 0 Å². The van der Waals surface area contributed by atoms with E-state index in [1.807, 2.05) is 48.5 Å². The van der Waals surface area contributed by atoms with Gasteiger partial charge in [-0.3, -0.25) is 10.1 Å². The largest absolute Gasteiger partial charge is 0.480 e. The summed E-state index contributed by atoms with van der Waals surface area (Å²) in [5.74, 6) is -2.92. The number of rotatable bonds is 7. The average Bonchev–Trinajstić information content (AvgIpc) is 3.17. The molecular formula is C27H25FN2O5. The maximum atomic E-state index is 14.7. The number of amides is 2. The summed E-state index contributed by atoms with van der Waals surface area (Å²) in [6.45, 7) is 1.65. The number of fused-ring (bicyclic) bond motifs is 3. The Bertz CT molecular complexity index is 1250. The summed E-state index contributed by atoms with van der Waals surface area (Å²) in [7, 11) is 1.33. The molecule has 0 saturated carbocycles. The van der Waals surface area contributed by atoms with Crippen molar-refractivity contribution in [3.8, 4) is 11.1 Å². The van der Waals surface area contributed by atoms with Crippen LogP contribution in [-0.4, -0.2) is 47.7 Å². The Balaban J connectivity index is 1.52. The maximum Gasteiger partial charge on any atom is 0.411 e. The van der Waals surface area contributed by atoms with E-state index in [0.717, 1.165) is 33.2 Å². The molecule has 0 aromatic heterocycles. The van der Waals surface area contributed by atoms with Gasteiger partial charge in [0.1, 0.15) is 18.5 Å². The SMILES string of the molecule is CCC(C(=O)O)N(C)C(=O)c1cccc(F)c1NC(=O)OCC1c2ccccc2-c2ccccc21. The third-order valence-electron chi connectivity index (χ3n) is 6.27. The maximum absolute atomic E-state index is 14.7. The van der Waals surface area contributed by atoms with Crippen molar-refractivity contribution in [1.82, 2.24) is 4.90 Å². The molecule has 35 heavy (non-hydrogen) atoms. The number of nitrogens with one attached hydrogen (secondary N) is 1. The van der Waals surface area contributed by atoms with Crippen LogP contribution in [0.3, 0.4) is 0 Å². The number of carboxylic acids is 1. The zero-order valence-corrected chi connectivity index (χ0v) is 19.3. The summed E-state index contributed by atoms with van der Waals surface area (Å²) in [5, 5.41) is 11.7. The minimum Gasteiger partial charge on any atom is -0.480 e. The van der Waals surface area contributed by atoms with E-state index in [9.17, 15) is 23.9 Å². The average molecular weight is 477 g/mol. The highest BCUT2D eigenvalue weighted by atomic mass is 19.1. The minimum atomic E-state index is -1.18. The van der Waals surface area contributed by atoms with Crippen molar-refractivity contribution in [3.05, 3.63) is 89.2 Å². The highest BCUT2D eigenvalue weighted by Crippen LogP contribution is 2.44. The van der Waals surface area contributed by atoms with Crippen molar-refractivity contribution >= 4 is 23.7 Å². The van der Waals surface area contributed by atoms with E-state index in [1.54, 1.807) is 6.92 Å². The molecule has 1 unspecified atom stereocenters. The van der Waals surface area contributed by atoms with Crippen LogP contribution >= 0.6 is 0 Å². The number of aliphatic carboxylic acids is 1. The number of ether oxygens (including phenoxy) is 1. The molecule has 1 atom stereocenters. The summed E-state index contributed by atoms with van der Waals surface area (Å²) in [6.07, 6.45) is -0.749. The molecule has 0 bridgehead atoms. The van der Waals surface area contributed by atoms with Crippen LogP contribution in [0.2, 0.25) is 0 Å². The summed E-state index contributed by atoms with van der Waals surface area (Å²) in [5.41, 5.74) is 3.69. The second kappa shape index (κ2) is 9.97. The van der Waals surface area contributed by atoms with Gasteiger partial charge in [-0.2, -0.15) is 0 Å². The van der Waals surface area contributed by atoms with Gasteiger partial charge in [-0.25, -0.2) is 14.0 Å². The Labute approximate surface area is 202 Å². The van der Waals surface area contributed by atoms with E-state index in [1.165, 1.54) is 19.2 Å². The molecule has 0 saturated heterocycles. The molecule has 1 aliphatic rings. The normalized spacial score (nSPS) is 12.9. The number of carbonyl (C=O) groups excluding carboxylic acids is 2. The number of likely N-dealkylation sites (N-methyl/N-ethyl adjacent to an activating group) is 1. The predicted molar refractivity (Wildman–Crippen MR) is 129 cm³/mol. The summed E-state index contributed by atoms with van der Waals surface area (Å²) >= 11 is 0. The molecule has 0 fully saturated rings. The molecule has 2 N–H and O–H groups in total. The van der Waals surface area contributed by atoms with Crippen LogP contribution < -0.4 is 5.32 Å². The third-order valence-corrected chi connectivity index (χ3v) is 6.27. The Kier molecular flexibility index (Phi) is 6.82. The van der Waals surface area contributed by atoms with Crippen molar-refractivity contribution in [2.75, 3.05) is 19.0 Å². The molecule has 0 aliphatic heterocycles. The topological polar surface area (TPSA) is 95.9 Å². The van der Waals surface area contributed by atoms with Gasteiger partial charge in [-0.1, -0.05) is 61.5 Å². The molecule has 0 spiro atoms. The van der Waals surface area contributed by atoms with Crippen LogP contribution in [-0.2, 0) is 9.53 Å². The first-order valence-corrected chi connectivity index (χ1v) is 11.2. The number of halogens is 1. The van der Waals surface area contributed by atoms with Gasteiger partial charge in [0.05, 0.1) is 11.3 Å². The second-order valence-electron chi connectivity index (χ2n) is 8.29. The highest BCUT2D eigenvalue weighted by Gasteiger charge is 2.30. The zero-order valence-electron chi connectivity index (χ0n) is 19.3. The number of para-hydroxylation sites is 1. The van der Waals surface area contributed by atoms with Gasteiger partial charge in [0.15, 0.2) is 0 Å². The van der Waals surface area contributed by atoms with Crippen molar-refractivity contribution in [2.45, 2.75) is 25.3 Å². The predicted octanol–water partition coefficient (Wildman–Crippen LogP) is 5.12. The van der Waals surface area contributed by atoms with E-state index in [4.69, 9.17) is 4.74 Å². The van der Waals surface area contributed by atoms with Gasteiger partial charge in [-0.15, -0.1) is 0 Å². The smallest absolute Gasteiger partial charge is 0.411 e. The number of benzene rings is 3. The van der Waals surface area contributed by atoms with Gasteiger partial charge in [0.2, 0.25) is 0 Å². The number of carbonyl (C=O) groups is 3. The van der Waals surface area contributed by atoms with E-state index in [2.05, 4.69) is 5.32 Å². The van der Waals surface area contributed by atoms with Crippen LogP contribution in [0.1, 0.15) is 40.7 Å². The molecule has 1 aliphatic carbocycles. The van der Waals surface area contributed by atoms with Gasteiger partial charge in [-0.05, 0) is 40.8 Å². The Morgan fingerprint density at radius 2 is 1.60 bits per heavy atom. The molecule has 4 rings (SSSR count). The Hall–Kier alpha value is -4.20. The minimum absolute atomic E-state index is 0.0222. The lowest BCUT2D eigenvalue weighted by Crippen LogP contribution is -2.42. The first kappa shape index (κ1) is 23.9. The van der Waals surface area contributed by atoms with Crippen LogP contribution in [0.15, 0.2) is 66.7 Å². The molecule has 3 aromatic carbocycles. The van der Waals surface area contributed by atoms with Gasteiger partial charge >= 0.3 is 12.1 Å². The Morgan fingerprint density at radius 3 is 2.17 bits per heavy atom. The molecule has 2 amide bonds. The second-order valence-corrected chi connectivity index (χ2v) is 8.29. The van der Waals surface area contributed by atoms with Crippen LogP contribution in [0.4, 0.5) is 14.9 Å². The molecule has 8 heteroatoms. The third kappa shape index (κ3) is 4.59. The molecular weight excluding hydrogens is 451 g/mol. The molecule has 7 nitrogen and oxygen atoms in total. The lowest BCUT2D eigenvalue weighted by molar-refractivity contribution is -0.142. The summed E-state index contributed by atoms with van der Waals surface area (Å²) < 4.78 is 20.1. The number of hydrogen-bond acceptors (Lipinski definition) is 4. The van der Waals surface area contributed by atoms with Crippen molar-refractivity contribution < 1.29 is 28.6 Å². The molecule has 3 aromatic rings. The fourth-order valence-electron chi connectivity index (χ4n) is 4.51. The number of hydrogen-bond donors (Lipinski definition) is 2. The van der Waals surface area contributed by atoms with Crippen LogP contribution in [0.5, 0.6) is 0 Å².